The van der Waals surface area contributed by atoms with E-state index in [1.54, 1.807) is 0 Å². The van der Waals surface area contributed by atoms with Crippen molar-refractivity contribution < 1.29 is 23.7 Å². The number of fused-ring (bicyclic) bond motifs is 7. The molecule has 12 atom stereocenters. The predicted octanol–water partition coefficient (Wildman–Crippen LogP) is 6.97. The van der Waals surface area contributed by atoms with Crippen LogP contribution in [-0.2, 0) is 18.9 Å². The zero-order chi connectivity index (χ0) is 24.6. The Morgan fingerprint density at radius 3 is 2.49 bits per heavy atom. The first kappa shape index (κ1) is 24.5. The van der Waals surface area contributed by atoms with Crippen molar-refractivity contribution >= 4 is 6.16 Å². The van der Waals surface area contributed by atoms with Crippen LogP contribution in [-0.4, -0.2) is 37.4 Å². The maximum atomic E-state index is 11.9. The molecule has 198 valence electrons. The molecule has 0 aromatic rings. The Kier molecular flexibility index (Phi) is 6.03. The second-order valence-electron chi connectivity index (χ2n) is 13.9. The van der Waals surface area contributed by atoms with Gasteiger partial charge in [0.05, 0.1) is 19.3 Å². The van der Waals surface area contributed by atoms with Gasteiger partial charge in [-0.15, -0.1) is 0 Å². The standard InChI is InChI=1S/C30H48O5/c1-6-32-27(31)34-21-10-12-28(4)20(15-21)7-8-22-23(28)11-13-29(5)24(22)16-25-26(29)19(3)30(35-25)14-9-18(2)17-33-30/h18-26H,6-17H2,1-5H3/t18-,19-,20+,21+,22+,23-,24-,25-,26-,28-,29-,30+/m0/s1. The summed E-state index contributed by atoms with van der Waals surface area (Å²) in [5.74, 6) is 4.55. The molecular formula is C30H48O5. The van der Waals surface area contributed by atoms with Gasteiger partial charge in [0, 0.05) is 12.3 Å². The molecule has 0 amide bonds. The third-order valence-electron chi connectivity index (χ3n) is 12.4. The molecule has 0 radical (unpaired) electrons. The van der Waals surface area contributed by atoms with Crippen LogP contribution in [0.2, 0.25) is 0 Å². The fourth-order valence-electron chi connectivity index (χ4n) is 10.6. The van der Waals surface area contributed by atoms with Crippen molar-refractivity contribution in [2.24, 2.45) is 52.3 Å². The van der Waals surface area contributed by atoms with Crippen molar-refractivity contribution in [3.8, 4) is 0 Å². The number of ether oxygens (including phenoxy) is 4. The van der Waals surface area contributed by atoms with Gasteiger partial charge in [-0.05, 0) is 111 Å². The molecule has 0 unspecified atom stereocenters. The minimum absolute atomic E-state index is 0.0343. The summed E-state index contributed by atoms with van der Waals surface area (Å²) in [7, 11) is 0. The van der Waals surface area contributed by atoms with E-state index in [-0.39, 0.29) is 11.9 Å². The van der Waals surface area contributed by atoms with Crippen molar-refractivity contribution in [2.45, 2.75) is 117 Å². The first-order chi connectivity index (χ1) is 16.7. The molecule has 6 rings (SSSR count). The zero-order valence-corrected chi connectivity index (χ0v) is 22.7. The van der Waals surface area contributed by atoms with Crippen LogP contribution in [0.3, 0.4) is 0 Å². The largest absolute Gasteiger partial charge is 0.508 e. The number of carbonyl (C=O) groups is 1. The maximum Gasteiger partial charge on any atom is 0.508 e. The average molecular weight is 489 g/mol. The number of carbonyl (C=O) groups excluding carboxylic acids is 1. The highest BCUT2D eigenvalue weighted by atomic mass is 16.7. The third-order valence-corrected chi connectivity index (χ3v) is 12.4. The predicted molar refractivity (Wildman–Crippen MR) is 134 cm³/mol. The molecule has 2 heterocycles. The van der Waals surface area contributed by atoms with E-state index >= 15 is 0 Å². The first-order valence-corrected chi connectivity index (χ1v) is 14.9. The van der Waals surface area contributed by atoms with E-state index in [4.69, 9.17) is 18.9 Å². The van der Waals surface area contributed by atoms with Crippen LogP contribution >= 0.6 is 0 Å². The van der Waals surface area contributed by atoms with Crippen molar-refractivity contribution in [3.63, 3.8) is 0 Å². The van der Waals surface area contributed by atoms with Gasteiger partial charge in [0.1, 0.15) is 6.10 Å². The molecule has 6 aliphatic rings. The van der Waals surface area contributed by atoms with Gasteiger partial charge in [0.15, 0.2) is 5.79 Å². The number of hydrogen-bond acceptors (Lipinski definition) is 5. The van der Waals surface area contributed by atoms with Crippen LogP contribution in [0.15, 0.2) is 0 Å². The summed E-state index contributed by atoms with van der Waals surface area (Å²) in [6.07, 6.45) is 12.0. The fraction of sp³-hybridized carbons (Fsp3) is 0.967. The molecular weight excluding hydrogens is 440 g/mol. The van der Waals surface area contributed by atoms with Gasteiger partial charge in [0.2, 0.25) is 0 Å². The van der Waals surface area contributed by atoms with E-state index in [9.17, 15) is 4.79 Å². The van der Waals surface area contributed by atoms with Gasteiger partial charge in [-0.2, -0.15) is 0 Å². The topological polar surface area (TPSA) is 54.0 Å². The van der Waals surface area contributed by atoms with Crippen molar-refractivity contribution in [3.05, 3.63) is 0 Å². The Bertz CT molecular complexity index is 820. The maximum absolute atomic E-state index is 11.9. The highest BCUT2D eigenvalue weighted by Gasteiger charge is 2.69. The van der Waals surface area contributed by atoms with Crippen LogP contribution in [0.5, 0.6) is 0 Å². The third kappa shape index (κ3) is 3.64. The monoisotopic (exact) mass is 488 g/mol. The Balaban J connectivity index is 1.17. The summed E-state index contributed by atoms with van der Waals surface area (Å²) in [5, 5.41) is 0. The Morgan fingerprint density at radius 2 is 1.74 bits per heavy atom. The van der Waals surface area contributed by atoms with Crippen LogP contribution in [0.25, 0.3) is 0 Å². The van der Waals surface area contributed by atoms with Crippen LogP contribution in [0.4, 0.5) is 4.79 Å². The summed E-state index contributed by atoms with van der Waals surface area (Å²) in [6, 6.07) is 0. The normalized spacial score (nSPS) is 54.9. The minimum Gasteiger partial charge on any atom is -0.435 e. The van der Waals surface area contributed by atoms with Crippen molar-refractivity contribution in [2.75, 3.05) is 13.2 Å². The molecule has 0 N–H and O–H groups in total. The van der Waals surface area contributed by atoms with E-state index < -0.39 is 6.16 Å². The average Bonchev–Trinajstić information content (AvgIpc) is 3.26. The van der Waals surface area contributed by atoms with Gasteiger partial charge in [0.25, 0.3) is 0 Å². The van der Waals surface area contributed by atoms with Gasteiger partial charge >= 0.3 is 6.16 Å². The van der Waals surface area contributed by atoms with E-state index in [2.05, 4.69) is 27.7 Å². The van der Waals surface area contributed by atoms with Gasteiger partial charge < -0.3 is 18.9 Å². The summed E-state index contributed by atoms with van der Waals surface area (Å²) in [4.78, 5) is 11.9. The highest BCUT2D eigenvalue weighted by molar-refractivity contribution is 5.60. The number of rotatable bonds is 2. The lowest BCUT2D eigenvalue weighted by Gasteiger charge is -2.61. The van der Waals surface area contributed by atoms with Crippen LogP contribution in [0, 0.1) is 52.3 Å². The van der Waals surface area contributed by atoms with Crippen LogP contribution < -0.4 is 0 Å². The van der Waals surface area contributed by atoms with E-state index in [1.807, 2.05) is 6.92 Å². The molecule has 4 aliphatic carbocycles. The smallest absolute Gasteiger partial charge is 0.435 e. The van der Waals surface area contributed by atoms with Gasteiger partial charge in [-0.25, -0.2) is 4.79 Å². The van der Waals surface area contributed by atoms with Gasteiger partial charge in [-0.1, -0.05) is 27.7 Å². The molecule has 4 saturated carbocycles. The van der Waals surface area contributed by atoms with Gasteiger partial charge in [-0.3, -0.25) is 0 Å². The molecule has 0 aromatic heterocycles. The summed E-state index contributed by atoms with van der Waals surface area (Å²) in [5.41, 5.74) is 0.765. The Morgan fingerprint density at radius 1 is 0.943 bits per heavy atom. The first-order valence-electron chi connectivity index (χ1n) is 14.9. The molecule has 1 spiro atoms. The molecule has 0 aromatic carbocycles. The highest BCUT2D eigenvalue weighted by Crippen LogP contribution is 2.71. The molecule has 5 heteroatoms. The summed E-state index contributed by atoms with van der Waals surface area (Å²) < 4.78 is 24.2. The second kappa shape index (κ2) is 8.61. The molecule has 2 aliphatic heterocycles. The molecule has 0 bridgehead atoms. The van der Waals surface area contributed by atoms with E-state index in [0.717, 1.165) is 43.6 Å². The molecule has 6 fully saturated rings. The minimum atomic E-state index is -0.482. The number of hydrogen-bond donors (Lipinski definition) is 0. The lowest BCUT2D eigenvalue weighted by Crippen LogP contribution is -2.55. The van der Waals surface area contributed by atoms with Crippen LogP contribution in [0.1, 0.15) is 98.8 Å². The SMILES string of the molecule is CCOC(=O)O[C@@H]1CC[C@@]2(C)[C@H](CC[C@@H]3[C@@H]2CC[C@]2(C)[C@@H]4[C@H](C[C@@H]32)O[C@]2(CC[C@H](C)CO2)[C@H]4C)C1. The lowest BCUT2D eigenvalue weighted by atomic mass is 9.44. The van der Waals surface area contributed by atoms with Crippen molar-refractivity contribution in [1.82, 2.24) is 0 Å². The van der Waals surface area contributed by atoms with Crippen molar-refractivity contribution in [1.29, 1.82) is 0 Å². The molecule has 2 saturated heterocycles. The Labute approximate surface area is 212 Å². The summed E-state index contributed by atoms with van der Waals surface area (Å²) in [6.45, 7) is 13.0. The van der Waals surface area contributed by atoms with E-state index in [0.29, 0.717) is 47.2 Å². The second-order valence-corrected chi connectivity index (χ2v) is 13.9. The zero-order valence-electron chi connectivity index (χ0n) is 22.7. The fourth-order valence-corrected chi connectivity index (χ4v) is 10.6. The van der Waals surface area contributed by atoms with E-state index in [1.165, 1.54) is 44.9 Å². The Hall–Kier alpha value is -0.810. The molecule has 35 heavy (non-hydrogen) atoms. The lowest BCUT2D eigenvalue weighted by molar-refractivity contribution is -0.273. The quantitative estimate of drug-likeness (QED) is 0.393. The summed E-state index contributed by atoms with van der Waals surface area (Å²) >= 11 is 0. The molecule has 5 nitrogen and oxygen atoms in total.